The number of nitrogens with two attached hydrogens (primary N) is 1. The van der Waals surface area contributed by atoms with Crippen LogP contribution < -0.4 is 5.73 Å². The van der Waals surface area contributed by atoms with Gasteiger partial charge in [0.05, 0.1) is 0 Å². The van der Waals surface area contributed by atoms with E-state index in [0.29, 0.717) is 12.0 Å². The SMILES string of the molecule is CC(C)C(N)CCN(C)Cc1ccc2ccccc2c1. The molecule has 0 heterocycles. The average molecular weight is 270 g/mol. The van der Waals surface area contributed by atoms with Gasteiger partial charge in [-0.25, -0.2) is 0 Å². The predicted octanol–water partition coefficient (Wildman–Crippen LogP) is 3.65. The number of hydrogen-bond acceptors (Lipinski definition) is 2. The van der Waals surface area contributed by atoms with Crippen LogP contribution in [-0.2, 0) is 6.54 Å². The Hall–Kier alpha value is -1.38. The van der Waals surface area contributed by atoms with Crippen molar-refractivity contribution < 1.29 is 0 Å². The summed E-state index contributed by atoms with van der Waals surface area (Å²) < 4.78 is 0. The van der Waals surface area contributed by atoms with Crippen LogP contribution in [0.4, 0.5) is 0 Å². The van der Waals surface area contributed by atoms with Gasteiger partial charge in [-0.05, 0) is 48.3 Å². The molecule has 2 aromatic rings. The monoisotopic (exact) mass is 270 g/mol. The van der Waals surface area contributed by atoms with Gasteiger partial charge in [-0.2, -0.15) is 0 Å². The van der Waals surface area contributed by atoms with Crippen LogP contribution in [0.5, 0.6) is 0 Å². The Morgan fingerprint density at radius 3 is 2.45 bits per heavy atom. The summed E-state index contributed by atoms with van der Waals surface area (Å²) >= 11 is 0. The lowest BCUT2D eigenvalue weighted by atomic mass is 10.0. The van der Waals surface area contributed by atoms with Crippen molar-refractivity contribution in [3.05, 3.63) is 48.0 Å². The van der Waals surface area contributed by atoms with Crippen molar-refractivity contribution in [2.24, 2.45) is 11.7 Å². The fraction of sp³-hybridized carbons (Fsp3) is 0.444. The lowest BCUT2D eigenvalue weighted by Gasteiger charge is -2.21. The molecule has 108 valence electrons. The second kappa shape index (κ2) is 6.87. The first-order valence-corrected chi connectivity index (χ1v) is 7.48. The molecule has 1 unspecified atom stereocenters. The summed E-state index contributed by atoms with van der Waals surface area (Å²) in [5.74, 6) is 0.559. The minimum atomic E-state index is 0.300. The summed E-state index contributed by atoms with van der Waals surface area (Å²) in [6, 6.07) is 15.5. The van der Waals surface area contributed by atoms with E-state index in [1.165, 1.54) is 16.3 Å². The standard InChI is InChI=1S/C18H26N2/c1-14(2)18(19)10-11-20(3)13-15-8-9-16-6-4-5-7-17(16)12-15/h4-9,12,14,18H,10-11,13,19H2,1-3H3. The molecule has 20 heavy (non-hydrogen) atoms. The number of fused-ring (bicyclic) bond motifs is 1. The highest BCUT2D eigenvalue weighted by Crippen LogP contribution is 2.16. The molecule has 1 atom stereocenters. The van der Waals surface area contributed by atoms with Crippen molar-refractivity contribution in [1.82, 2.24) is 4.90 Å². The zero-order valence-corrected chi connectivity index (χ0v) is 12.8. The van der Waals surface area contributed by atoms with E-state index < -0.39 is 0 Å². The van der Waals surface area contributed by atoms with E-state index >= 15 is 0 Å². The van der Waals surface area contributed by atoms with Crippen LogP contribution in [0.1, 0.15) is 25.8 Å². The maximum atomic E-state index is 6.11. The molecule has 2 aromatic carbocycles. The summed E-state index contributed by atoms with van der Waals surface area (Å²) in [5.41, 5.74) is 7.47. The van der Waals surface area contributed by atoms with E-state index in [1.54, 1.807) is 0 Å². The van der Waals surface area contributed by atoms with Crippen LogP contribution >= 0.6 is 0 Å². The average Bonchev–Trinajstić information content (AvgIpc) is 2.44. The number of rotatable bonds is 6. The fourth-order valence-electron chi connectivity index (χ4n) is 2.43. The Bertz CT molecular complexity index is 548. The third kappa shape index (κ3) is 4.06. The maximum Gasteiger partial charge on any atom is 0.0230 e. The third-order valence-corrected chi connectivity index (χ3v) is 3.97. The van der Waals surface area contributed by atoms with Crippen LogP contribution in [0.3, 0.4) is 0 Å². The highest BCUT2D eigenvalue weighted by atomic mass is 15.1. The van der Waals surface area contributed by atoms with Gasteiger partial charge < -0.3 is 10.6 Å². The predicted molar refractivity (Wildman–Crippen MR) is 87.7 cm³/mol. The van der Waals surface area contributed by atoms with Crippen LogP contribution in [0.25, 0.3) is 10.8 Å². The van der Waals surface area contributed by atoms with E-state index in [1.807, 2.05) is 0 Å². The highest BCUT2D eigenvalue weighted by Gasteiger charge is 2.09. The second-order valence-electron chi connectivity index (χ2n) is 6.12. The number of hydrogen-bond donors (Lipinski definition) is 1. The zero-order valence-electron chi connectivity index (χ0n) is 12.8. The molecule has 0 aliphatic carbocycles. The largest absolute Gasteiger partial charge is 0.327 e. The molecule has 2 N–H and O–H groups in total. The van der Waals surface area contributed by atoms with Crippen molar-refractivity contribution in [2.75, 3.05) is 13.6 Å². The lowest BCUT2D eigenvalue weighted by molar-refractivity contribution is 0.296. The highest BCUT2D eigenvalue weighted by molar-refractivity contribution is 5.82. The Morgan fingerprint density at radius 2 is 1.75 bits per heavy atom. The smallest absolute Gasteiger partial charge is 0.0230 e. The molecule has 0 fully saturated rings. The van der Waals surface area contributed by atoms with Gasteiger partial charge >= 0.3 is 0 Å². The quantitative estimate of drug-likeness (QED) is 0.868. The molecule has 0 saturated carbocycles. The summed E-state index contributed by atoms with van der Waals surface area (Å²) in [5, 5.41) is 2.62. The molecule has 0 bridgehead atoms. The number of nitrogens with zero attached hydrogens (tertiary/aromatic N) is 1. The third-order valence-electron chi connectivity index (χ3n) is 3.97. The molecule has 0 radical (unpaired) electrons. The van der Waals surface area contributed by atoms with Crippen LogP contribution in [-0.4, -0.2) is 24.5 Å². The topological polar surface area (TPSA) is 29.3 Å². The van der Waals surface area contributed by atoms with Crippen LogP contribution in [0.15, 0.2) is 42.5 Å². The first-order chi connectivity index (χ1) is 9.56. The van der Waals surface area contributed by atoms with Crippen LogP contribution in [0.2, 0.25) is 0 Å². The molecule has 0 saturated heterocycles. The Labute approximate surface area is 122 Å². The first kappa shape index (κ1) is 15.0. The molecule has 2 nitrogen and oxygen atoms in total. The van der Waals surface area contributed by atoms with Gasteiger partial charge in [0.2, 0.25) is 0 Å². The molecule has 2 heteroatoms. The van der Waals surface area contributed by atoms with Gasteiger partial charge in [0.25, 0.3) is 0 Å². The van der Waals surface area contributed by atoms with Gasteiger partial charge in [-0.1, -0.05) is 50.2 Å². The maximum absolute atomic E-state index is 6.11. The Balaban J connectivity index is 1.94. The first-order valence-electron chi connectivity index (χ1n) is 7.48. The number of benzene rings is 2. The van der Waals surface area contributed by atoms with Gasteiger partial charge in [0.1, 0.15) is 0 Å². The van der Waals surface area contributed by atoms with Gasteiger partial charge in [-0.15, -0.1) is 0 Å². The van der Waals surface area contributed by atoms with Gasteiger partial charge in [0, 0.05) is 12.6 Å². The van der Waals surface area contributed by atoms with Gasteiger partial charge in [0.15, 0.2) is 0 Å². The van der Waals surface area contributed by atoms with E-state index in [9.17, 15) is 0 Å². The fourth-order valence-corrected chi connectivity index (χ4v) is 2.43. The molecular formula is C18H26N2. The normalized spacial score (nSPS) is 13.3. The molecule has 0 aliphatic heterocycles. The molecule has 0 amide bonds. The Kier molecular flexibility index (Phi) is 5.16. The molecular weight excluding hydrogens is 244 g/mol. The summed E-state index contributed by atoms with van der Waals surface area (Å²) in [7, 11) is 2.17. The minimum absolute atomic E-state index is 0.300. The van der Waals surface area contributed by atoms with Crippen molar-refractivity contribution in [3.63, 3.8) is 0 Å². The molecule has 0 aromatic heterocycles. The lowest BCUT2D eigenvalue weighted by Crippen LogP contribution is -2.31. The zero-order chi connectivity index (χ0) is 14.5. The van der Waals surface area contributed by atoms with E-state index in [-0.39, 0.29) is 0 Å². The molecule has 0 spiro atoms. The van der Waals surface area contributed by atoms with Crippen molar-refractivity contribution in [3.8, 4) is 0 Å². The molecule has 2 rings (SSSR count). The minimum Gasteiger partial charge on any atom is -0.327 e. The summed E-state index contributed by atoms with van der Waals surface area (Å²) in [6.07, 6.45) is 1.06. The van der Waals surface area contributed by atoms with Crippen molar-refractivity contribution in [1.29, 1.82) is 0 Å². The Morgan fingerprint density at radius 1 is 1.05 bits per heavy atom. The van der Waals surface area contributed by atoms with Gasteiger partial charge in [-0.3, -0.25) is 0 Å². The molecule has 0 aliphatic rings. The van der Waals surface area contributed by atoms with Crippen molar-refractivity contribution >= 4 is 10.8 Å². The van der Waals surface area contributed by atoms with Crippen LogP contribution in [0, 0.1) is 5.92 Å². The van der Waals surface area contributed by atoms with E-state index in [0.717, 1.165) is 19.5 Å². The second-order valence-corrected chi connectivity index (χ2v) is 6.12. The van der Waals surface area contributed by atoms with E-state index in [2.05, 4.69) is 68.3 Å². The summed E-state index contributed by atoms with van der Waals surface area (Å²) in [6.45, 7) is 6.41. The summed E-state index contributed by atoms with van der Waals surface area (Å²) in [4.78, 5) is 2.35. The van der Waals surface area contributed by atoms with Crippen molar-refractivity contribution in [2.45, 2.75) is 32.9 Å². The van der Waals surface area contributed by atoms with E-state index in [4.69, 9.17) is 5.73 Å².